The average Bonchev–Trinajstić information content (AvgIpc) is 3.28. The predicted molar refractivity (Wildman–Crippen MR) is 134 cm³/mol. The van der Waals surface area contributed by atoms with Gasteiger partial charge in [0.05, 0.1) is 12.3 Å². The third-order valence-corrected chi connectivity index (χ3v) is 5.79. The zero-order valence-electron chi connectivity index (χ0n) is 20.6. The Hall–Kier alpha value is -2.92. The van der Waals surface area contributed by atoms with Crippen LogP contribution in [-0.2, 0) is 25.7 Å². The Morgan fingerprint density at radius 3 is 2.74 bits per heavy atom. The van der Waals surface area contributed by atoms with Crippen LogP contribution in [0.4, 0.5) is 0 Å². The van der Waals surface area contributed by atoms with Crippen LogP contribution in [-0.4, -0.2) is 79.5 Å². The van der Waals surface area contributed by atoms with Gasteiger partial charge in [-0.15, -0.1) is 0 Å². The van der Waals surface area contributed by atoms with E-state index in [-0.39, 0.29) is 31.5 Å². The molecule has 6 N–H and O–H groups in total. The maximum absolute atomic E-state index is 12.1. The van der Waals surface area contributed by atoms with Crippen LogP contribution in [0.5, 0.6) is 0 Å². The molecule has 1 amide bonds. The van der Waals surface area contributed by atoms with Crippen molar-refractivity contribution >= 4 is 11.9 Å². The second-order valence-corrected chi connectivity index (χ2v) is 8.45. The summed E-state index contributed by atoms with van der Waals surface area (Å²) in [7, 11) is 1.91. The van der Waals surface area contributed by atoms with E-state index in [0.717, 1.165) is 12.0 Å². The van der Waals surface area contributed by atoms with Crippen LogP contribution in [0.3, 0.4) is 0 Å². The summed E-state index contributed by atoms with van der Waals surface area (Å²) >= 11 is 0. The minimum absolute atomic E-state index is 0.0632. The molecule has 1 aliphatic rings. The van der Waals surface area contributed by atoms with Gasteiger partial charge in [0.1, 0.15) is 19.3 Å². The second kappa shape index (κ2) is 15.2. The van der Waals surface area contributed by atoms with Crippen LogP contribution >= 0.6 is 0 Å². The predicted octanol–water partition coefficient (Wildman–Crippen LogP) is 0.763. The lowest BCUT2D eigenvalue weighted by Gasteiger charge is -2.29. The molecule has 10 nitrogen and oxygen atoms in total. The van der Waals surface area contributed by atoms with Crippen LogP contribution in [0.15, 0.2) is 54.9 Å². The molecule has 0 bridgehead atoms. The van der Waals surface area contributed by atoms with E-state index in [4.69, 9.17) is 20.3 Å². The van der Waals surface area contributed by atoms with Crippen molar-refractivity contribution in [1.82, 2.24) is 20.9 Å². The minimum Gasteiger partial charge on any atom is -0.480 e. The van der Waals surface area contributed by atoms with Crippen molar-refractivity contribution < 1.29 is 24.2 Å². The molecular weight excluding hydrogens is 450 g/mol. The number of amides is 1. The molecule has 2 rings (SSSR count). The van der Waals surface area contributed by atoms with E-state index in [9.17, 15) is 9.59 Å². The Kier molecular flexibility index (Phi) is 12.3. The lowest BCUT2D eigenvalue weighted by atomic mass is 10.2. The van der Waals surface area contributed by atoms with Crippen molar-refractivity contribution in [1.29, 1.82) is 0 Å². The van der Waals surface area contributed by atoms with E-state index < -0.39 is 17.9 Å². The van der Waals surface area contributed by atoms with Gasteiger partial charge < -0.3 is 35.8 Å². The number of nitrogens with one attached hydrogen (secondary N) is 3. The minimum atomic E-state index is -1.17. The molecular formula is C25H39N5O5. The Labute approximate surface area is 207 Å². The lowest BCUT2D eigenvalue weighted by molar-refractivity contribution is -0.138. The largest absolute Gasteiger partial charge is 0.480 e. The summed E-state index contributed by atoms with van der Waals surface area (Å²) in [6.45, 7) is 7.42. The van der Waals surface area contributed by atoms with Gasteiger partial charge in [0.2, 0.25) is 5.91 Å². The molecule has 1 fully saturated rings. The second-order valence-electron chi connectivity index (χ2n) is 8.45. The summed E-state index contributed by atoms with van der Waals surface area (Å²) in [4.78, 5) is 24.9. The zero-order chi connectivity index (χ0) is 25.6. The van der Waals surface area contributed by atoms with Crippen molar-refractivity contribution in [2.24, 2.45) is 5.73 Å². The van der Waals surface area contributed by atoms with Gasteiger partial charge in [-0.25, -0.2) is 0 Å². The first-order valence-electron chi connectivity index (χ1n) is 11.8. The number of aliphatic carboxylic acids is 1. The molecule has 1 aromatic rings. The first-order chi connectivity index (χ1) is 16.8. The SMILES string of the molecule is C=C(OCc1ccccc1)N1C[C@H](OCC(=O)NC[C@H](N)C(=O)O)C[C@H]1CNC(C/C=C\C)NC. The van der Waals surface area contributed by atoms with Crippen LogP contribution in [0.1, 0.15) is 25.3 Å². The van der Waals surface area contributed by atoms with Gasteiger partial charge in [-0.3, -0.25) is 14.9 Å². The number of rotatable bonds is 16. The van der Waals surface area contributed by atoms with Gasteiger partial charge in [0, 0.05) is 25.7 Å². The number of allylic oxidation sites excluding steroid dienone is 1. The summed E-state index contributed by atoms with van der Waals surface area (Å²) in [5.41, 5.74) is 6.47. The number of carbonyl (C=O) groups excluding carboxylic acids is 1. The maximum Gasteiger partial charge on any atom is 0.322 e. The Morgan fingerprint density at radius 2 is 2.09 bits per heavy atom. The summed E-state index contributed by atoms with van der Waals surface area (Å²) in [5.74, 6) is -1.02. The Bertz CT molecular complexity index is 835. The van der Waals surface area contributed by atoms with E-state index in [1.165, 1.54) is 0 Å². The quantitative estimate of drug-likeness (QED) is 0.129. The van der Waals surface area contributed by atoms with Crippen molar-refractivity contribution in [2.45, 2.75) is 50.7 Å². The van der Waals surface area contributed by atoms with Crippen molar-refractivity contribution in [3.63, 3.8) is 0 Å². The highest BCUT2D eigenvalue weighted by atomic mass is 16.5. The molecule has 0 saturated carbocycles. The molecule has 0 spiro atoms. The van der Waals surface area contributed by atoms with Gasteiger partial charge in [0.15, 0.2) is 5.88 Å². The molecule has 1 saturated heterocycles. The molecule has 4 atom stereocenters. The lowest BCUT2D eigenvalue weighted by Crippen LogP contribution is -2.46. The Balaban J connectivity index is 1.93. The normalized spacial score (nSPS) is 19.5. The number of ether oxygens (including phenoxy) is 2. The number of carboxylic acids is 1. The van der Waals surface area contributed by atoms with Gasteiger partial charge in [-0.2, -0.15) is 0 Å². The van der Waals surface area contributed by atoms with Crippen molar-refractivity contribution in [3.8, 4) is 0 Å². The van der Waals surface area contributed by atoms with E-state index in [2.05, 4.69) is 33.5 Å². The zero-order valence-corrected chi connectivity index (χ0v) is 20.6. The molecule has 0 radical (unpaired) electrons. The van der Waals surface area contributed by atoms with Crippen LogP contribution in [0.2, 0.25) is 0 Å². The van der Waals surface area contributed by atoms with Crippen LogP contribution in [0, 0.1) is 0 Å². The molecule has 0 aliphatic carbocycles. The topological polar surface area (TPSA) is 138 Å². The fourth-order valence-electron chi connectivity index (χ4n) is 3.73. The van der Waals surface area contributed by atoms with E-state index in [0.29, 0.717) is 32.0 Å². The fourth-order valence-corrected chi connectivity index (χ4v) is 3.73. The molecule has 35 heavy (non-hydrogen) atoms. The molecule has 1 aliphatic heterocycles. The van der Waals surface area contributed by atoms with Crippen molar-refractivity contribution in [3.05, 3.63) is 60.5 Å². The number of nitrogens with zero attached hydrogens (tertiary/aromatic N) is 1. The average molecular weight is 490 g/mol. The third kappa shape index (κ3) is 10.1. The van der Waals surface area contributed by atoms with E-state index in [1.54, 1.807) is 0 Å². The Morgan fingerprint density at radius 1 is 1.34 bits per heavy atom. The summed E-state index contributed by atoms with van der Waals surface area (Å²) in [5, 5.41) is 18.1. The first kappa shape index (κ1) is 28.3. The van der Waals surface area contributed by atoms with E-state index >= 15 is 0 Å². The molecule has 0 aromatic heterocycles. The van der Waals surface area contributed by atoms with Gasteiger partial charge in [-0.05, 0) is 39.0 Å². The third-order valence-electron chi connectivity index (χ3n) is 5.79. The first-order valence-corrected chi connectivity index (χ1v) is 11.8. The number of hydrogen-bond acceptors (Lipinski definition) is 8. The highest BCUT2D eigenvalue weighted by Gasteiger charge is 2.34. The van der Waals surface area contributed by atoms with Crippen LogP contribution < -0.4 is 21.7 Å². The molecule has 1 unspecified atom stereocenters. The summed E-state index contributed by atoms with van der Waals surface area (Å²) in [6, 6.07) is 8.79. The summed E-state index contributed by atoms with van der Waals surface area (Å²) in [6.07, 6.45) is 5.57. The molecule has 1 aromatic carbocycles. The fraction of sp³-hybridized carbons (Fsp3) is 0.520. The summed E-state index contributed by atoms with van der Waals surface area (Å²) < 4.78 is 11.8. The molecule has 194 valence electrons. The van der Waals surface area contributed by atoms with Gasteiger partial charge >= 0.3 is 5.97 Å². The van der Waals surface area contributed by atoms with Crippen molar-refractivity contribution in [2.75, 3.05) is 33.3 Å². The number of hydrogen-bond donors (Lipinski definition) is 5. The molecule has 1 heterocycles. The number of carboxylic acid groups (broad SMARTS) is 1. The number of carbonyl (C=O) groups is 2. The van der Waals surface area contributed by atoms with Crippen LogP contribution in [0.25, 0.3) is 0 Å². The number of likely N-dealkylation sites (tertiary alicyclic amines) is 1. The monoisotopic (exact) mass is 489 g/mol. The standard InChI is InChI=1S/C25H39N5O5/c1-4-5-11-23(27-3)28-13-20-12-21(35-17-24(31)29-14-22(26)25(32)33)15-30(20)18(2)34-16-19-9-7-6-8-10-19/h4-10,20-23,27-28H,2,11-17,26H2,1,3H3,(H,29,31)(H,32,33)/b5-4-/t20-,21+,22-,23?/m0/s1. The van der Waals surface area contributed by atoms with Gasteiger partial charge in [-0.1, -0.05) is 42.5 Å². The number of benzene rings is 1. The highest BCUT2D eigenvalue weighted by Crippen LogP contribution is 2.25. The smallest absolute Gasteiger partial charge is 0.322 e. The maximum atomic E-state index is 12.1. The van der Waals surface area contributed by atoms with E-state index in [1.807, 2.05) is 50.4 Å². The van der Waals surface area contributed by atoms with Gasteiger partial charge in [0.25, 0.3) is 0 Å². The number of nitrogens with two attached hydrogens (primary N) is 1. The highest BCUT2D eigenvalue weighted by molar-refractivity contribution is 5.79. The molecule has 10 heteroatoms.